The number of rotatable bonds is 3. The minimum atomic E-state index is 0.157. The molecule has 0 radical (unpaired) electrons. The van der Waals surface area contributed by atoms with Gasteiger partial charge < -0.3 is 10.9 Å². The molecule has 0 aliphatic heterocycles. The number of aryl methyl sites for hydroxylation is 1. The zero-order chi connectivity index (χ0) is 14.8. The fourth-order valence-electron chi connectivity index (χ4n) is 2.02. The van der Waals surface area contributed by atoms with Crippen LogP contribution >= 0.6 is 0 Å². The highest BCUT2D eigenvalue weighted by atomic mass is 16.3. The topological polar surface area (TPSA) is 101 Å². The molecule has 106 valence electrons. The summed E-state index contributed by atoms with van der Waals surface area (Å²) in [6, 6.07) is 11.2. The Morgan fingerprint density at radius 3 is 2.81 bits per heavy atom. The number of aromatic hydroxyl groups is 1. The summed E-state index contributed by atoms with van der Waals surface area (Å²) in [4.78, 5) is 0. The average Bonchev–Trinajstić information content (AvgIpc) is 2.81. The number of nitrogens with one attached hydrogen (secondary N) is 1. The molecule has 3 aromatic rings. The molecule has 2 aromatic carbocycles. The molecule has 7 nitrogen and oxygen atoms in total. The molecule has 0 fully saturated rings. The predicted octanol–water partition coefficient (Wildman–Crippen LogP) is 1.61. The number of hydrogen-bond donors (Lipinski definition) is 3. The molecule has 0 aliphatic rings. The highest BCUT2D eigenvalue weighted by Crippen LogP contribution is 2.25. The number of anilines is 1. The van der Waals surface area contributed by atoms with Gasteiger partial charge in [0.15, 0.2) is 5.82 Å². The number of phenolic OH excluding ortho intramolecular Hbond substituents is 1. The Hall–Kier alpha value is -3.09. The van der Waals surface area contributed by atoms with Crippen LogP contribution in [0.1, 0.15) is 11.4 Å². The van der Waals surface area contributed by atoms with Crippen molar-refractivity contribution in [1.82, 2.24) is 14.9 Å². The van der Waals surface area contributed by atoms with E-state index in [1.807, 2.05) is 30.3 Å². The number of nitrogens with zero attached hydrogens (tertiary/aromatic N) is 4. The maximum absolute atomic E-state index is 9.99. The SMILES string of the molecule is Cc1nnc(NN=Cc2c(O)ccc3ccccc23)n1N. The molecule has 0 unspecified atom stereocenters. The Bertz CT molecular complexity index is 823. The molecule has 7 heteroatoms. The van der Waals surface area contributed by atoms with Gasteiger partial charge in [-0.05, 0) is 23.8 Å². The summed E-state index contributed by atoms with van der Waals surface area (Å²) in [6.45, 7) is 1.73. The molecule has 3 rings (SSSR count). The third-order valence-electron chi connectivity index (χ3n) is 3.17. The van der Waals surface area contributed by atoms with Crippen LogP contribution in [0.2, 0.25) is 0 Å². The second-order valence-corrected chi connectivity index (χ2v) is 4.53. The molecule has 0 spiro atoms. The van der Waals surface area contributed by atoms with Gasteiger partial charge in [0, 0.05) is 5.56 Å². The van der Waals surface area contributed by atoms with Gasteiger partial charge in [0.2, 0.25) is 0 Å². The number of benzene rings is 2. The summed E-state index contributed by atoms with van der Waals surface area (Å²) in [5.41, 5.74) is 3.32. The summed E-state index contributed by atoms with van der Waals surface area (Å²) in [7, 11) is 0. The van der Waals surface area contributed by atoms with Gasteiger partial charge >= 0.3 is 0 Å². The normalized spacial score (nSPS) is 11.3. The number of nitrogens with two attached hydrogens (primary N) is 1. The van der Waals surface area contributed by atoms with E-state index in [0.29, 0.717) is 17.3 Å². The highest BCUT2D eigenvalue weighted by Gasteiger charge is 2.05. The quantitative estimate of drug-likeness (QED) is 0.385. The molecule has 0 saturated heterocycles. The second kappa shape index (κ2) is 5.12. The summed E-state index contributed by atoms with van der Waals surface area (Å²) >= 11 is 0. The Labute approximate surface area is 120 Å². The van der Waals surface area contributed by atoms with Gasteiger partial charge in [0.25, 0.3) is 5.95 Å². The minimum Gasteiger partial charge on any atom is -0.507 e. The van der Waals surface area contributed by atoms with Crippen LogP contribution in [-0.4, -0.2) is 26.2 Å². The number of aromatic nitrogens is 3. The fourth-order valence-corrected chi connectivity index (χ4v) is 2.02. The van der Waals surface area contributed by atoms with Crippen LogP contribution in [0, 0.1) is 6.92 Å². The van der Waals surface area contributed by atoms with Gasteiger partial charge in [0.05, 0.1) is 6.21 Å². The van der Waals surface area contributed by atoms with Crippen molar-refractivity contribution in [3.05, 3.63) is 47.8 Å². The number of nitrogen functional groups attached to an aromatic ring is 1. The van der Waals surface area contributed by atoms with E-state index >= 15 is 0 Å². The summed E-state index contributed by atoms with van der Waals surface area (Å²) in [6.07, 6.45) is 1.53. The van der Waals surface area contributed by atoms with E-state index in [9.17, 15) is 5.11 Å². The van der Waals surface area contributed by atoms with Crippen LogP contribution in [-0.2, 0) is 0 Å². The fraction of sp³-hybridized carbons (Fsp3) is 0.0714. The molecule has 0 aliphatic carbocycles. The zero-order valence-corrected chi connectivity index (χ0v) is 11.4. The van der Waals surface area contributed by atoms with E-state index in [0.717, 1.165) is 10.8 Å². The minimum absolute atomic E-state index is 0.157. The smallest absolute Gasteiger partial charge is 0.263 e. The summed E-state index contributed by atoms with van der Waals surface area (Å²) in [5.74, 6) is 6.76. The number of fused-ring (bicyclic) bond motifs is 1. The van der Waals surface area contributed by atoms with E-state index < -0.39 is 0 Å². The lowest BCUT2D eigenvalue weighted by Crippen LogP contribution is -2.13. The average molecular weight is 282 g/mol. The van der Waals surface area contributed by atoms with Crippen molar-refractivity contribution in [2.75, 3.05) is 11.3 Å². The van der Waals surface area contributed by atoms with E-state index in [4.69, 9.17) is 5.84 Å². The number of hydrogen-bond acceptors (Lipinski definition) is 6. The Morgan fingerprint density at radius 1 is 1.24 bits per heavy atom. The van der Waals surface area contributed by atoms with Crippen LogP contribution in [0.25, 0.3) is 10.8 Å². The largest absolute Gasteiger partial charge is 0.507 e. The first kappa shape index (κ1) is 12.9. The van der Waals surface area contributed by atoms with E-state index in [1.165, 1.54) is 10.9 Å². The third kappa shape index (κ3) is 2.36. The lowest BCUT2D eigenvalue weighted by molar-refractivity contribution is 0.475. The van der Waals surface area contributed by atoms with Crippen molar-refractivity contribution >= 4 is 22.9 Å². The molecule has 0 bridgehead atoms. The molecule has 0 amide bonds. The van der Waals surface area contributed by atoms with Crippen LogP contribution in [0.3, 0.4) is 0 Å². The molecule has 4 N–H and O–H groups in total. The van der Waals surface area contributed by atoms with Gasteiger partial charge in [-0.3, -0.25) is 0 Å². The highest BCUT2D eigenvalue weighted by molar-refractivity contribution is 6.02. The van der Waals surface area contributed by atoms with Gasteiger partial charge in [-0.15, -0.1) is 10.2 Å². The van der Waals surface area contributed by atoms with E-state index in [1.54, 1.807) is 13.0 Å². The second-order valence-electron chi connectivity index (χ2n) is 4.53. The van der Waals surface area contributed by atoms with Crippen LogP contribution in [0.4, 0.5) is 5.95 Å². The Morgan fingerprint density at radius 2 is 2.05 bits per heavy atom. The van der Waals surface area contributed by atoms with Gasteiger partial charge in [-0.1, -0.05) is 30.3 Å². The third-order valence-corrected chi connectivity index (χ3v) is 3.17. The van der Waals surface area contributed by atoms with Crippen molar-refractivity contribution in [2.45, 2.75) is 6.92 Å². The van der Waals surface area contributed by atoms with Gasteiger partial charge in [0.1, 0.15) is 5.75 Å². The van der Waals surface area contributed by atoms with Crippen molar-refractivity contribution in [3.63, 3.8) is 0 Å². The van der Waals surface area contributed by atoms with Crippen LogP contribution in [0.15, 0.2) is 41.5 Å². The lowest BCUT2D eigenvalue weighted by atomic mass is 10.0. The molecule has 1 aromatic heterocycles. The van der Waals surface area contributed by atoms with Crippen molar-refractivity contribution in [1.29, 1.82) is 0 Å². The molecule has 1 heterocycles. The lowest BCUT2D eigenvalue weighted by Gasteiger charge is -2.05. The Kier molecular flexibility index (Phi) is 3.15. The summed E-state index contributed by atoms with van der Waals surface area (Å²) < 4.78 is 1.29. The molecule has 21 heavy (non-hydrogen) atoms. The van der Waals surface area contributed by atoms with Crippen LogP contribution in [0.5, 0.6) is 5.75 Å². The standard InChI is InChI=1S/C14H14N6O/c1-9-17-19-14(20(9)15)18-16-8-12-11-5-3-2-4-10(11)6-7-13(12)21/h2-8,21H,15H2,1H3,(H,18,19). The molecule has 0 saturated carbocycles. The van der Waals surface area contributed by atoms with E-state index in [-0.39, 0.29) is 5.75 Å². The van der Waals surface area contributed by atoms with Gasteiger partial charge in [-0.2, -0.15) is 5.10 Å². The zero-order valence-electron chi connectivity index (χ0n) is 11.4. The summed E-state index contributed by atoms with van der Waals surface area (Å²) in [5, 5.41) is 23.6. The number of phenols is 1. The monoisotopic (exact) mass is 282 g/mol. The number of hydrazone groups is 1. The maximum Gasteiger partial charge on any atom is 0.263 e. The van der Waals surface area contributed by atoms with Crippen LogP contribution < -0.4 is 11.3 Å². The first-order valence-electron chi connectivity index (χ1n) is 6.33. The first-order chi connectivity index (χ1) is 10.2. The molecular weight excluding hydrogens is 268 g/mol. The first-order valence-corrected chi connectivity index (χ1v) is 6.33. The molecule has 0 atom stereocenters. The van der Waals surface area contributed by atoms with Crippen molar-refractivity contribution < 1.29 is 5.11 Å². The predicted molar refractivity (Wildman–Crippen MR) is 81.7 cm³/mol. The van der Waals surface area contributed by atoms with Crippen molar-refractivity contribution in [3.8, 4) is 5.75 Å². The maximum atomic E-state index is 9.99. The van der Waals surface area contributed by atoms with Crippen molar-refractivity contribution in [2.24, 2.45) is 5.10 Å². The van der Waals surface area contributed by atoms with Gasteiger partial charge in [-0.25, -0.2) is 10.1 Å². The molecular formula is C14H14N6O. The van der Waals surface area contributed by atoms with E-state index in [2.05, 4.69) is 20.7 Å². The Balaban J connectivity index is 1.92.